The molecule has 80 valence electrons. The van der Waals surface area contributed by atoms with Crippen molar-refractivity contribution in [3.8, 4) is 6.07 Å². The highest BCUT2D eigenvalue weighted by molar-refractivity contribution is 7.19. The summed E-state index contributed by atoms with van der Waals surface area (Å²) in [6, 6.07) is 6.37. The predicted molar refractivity (Wildman–Crippen MR) is 65.5 cm³/mol. The van der Waals surface area contributed by atoms with E-state index in [2.05, 4.69) is 19.1 Å². The van der Waals surface area contributed by atoms with E-state index in [1.165, 1.54) is 29.0 Å². The van der Waals surface area contributed by atoms with Crippen LogP contribution in [0.4, 0.5) is 0 Å². The largest absolute Gasteiger partial charge is 0.242 e. The number of thiophene rings is 1. The summed E-state index contributed by atoms with van der Waals surface area (Å²) in [6.07, 6.45) is 3.48. The van der Waals surface area contributed by atoms with E-state index in [9.17, 15) is 0 Å². The van der Waals surface area contributed by atoms with Gasteiger partial charge in [-0.25, -0.2) is 4.98 Å². The molecule has 2 nitrogen and oxygen atoms in total. The minimum Gasteiger partial charge on any atom is -0.242 e. The van der Waals surface area contributed by atoms with Crippen LogP contribution in [0.15, 0.2) is 12.1 Å². The molecule has 0 amide bonds. The van der Waals surface area contributed by atoms with E-state index in [0.29, 0.717) is 0 Å². The SMILES string of the molecule is CC1CCc2cc3cc(C#N)sc3nc2C1. The molecule has 1 aliphatic rings. The van der Waals surface area contributed by atoms with Crippen LogP contribution in [0.25, 0.3) is 10.2 Å². The number of aryl methyl sites for hydroxylation is 1. The Bertz CT molecular complexity index is 592. The van der Waals surface area contributed by atoms with Gasteiger partial charge in [0, 0.05) is 11.1 Å². The fourth-order valence-electron chi connectivity index (χ4n) is 2.33. The lowest BCUT2D eigenvalue weighted by molar-refractivity contribution is 0.494. The van der Waals surface area contributed by atoms with E-state index >= 15 is 0 Å². The standard InChI is InChI=1S/C13H12N2S/c1-8-2-3-9-5-10-6-11(7-14)16-13(10)15-12(9)4-8/h5-6,8H,2-4H2,1H3. The molecule has 3 rings (SSSR count). The average molecular weight is 228 g/mol. The molecule has 0 spiro atoms. The summed E-state index contributed by atoms with van der Waals surface area (Å²) in [7, 11) is 0. The molecule has 16 heavy (non-hydrogen) atoms. The van der Waals surface area contributed by atoms with Gasteiger partial charge in [-0.3, -0.25) is 0 Å². The summed E-state index contributed by atoms with van der Waals surface area (Å²) in [5, 5.41) is 10.0. The molecule has 0 saturated heterocycles. The van der Waals surface area contributed by atoms with E-state index in [0.717, 1.165) is 33.9 Å². The van der Waals surface area contributed by atoms with Gasteiger partial charge in [0.15, 0.2) is 0 Å². The summed E-state index contributed by atoms with van der Waals surface area (Å²) in [6.45, 7) is 2.28. The van der Waals surface area contributed by atoms with Crippen molar-refractivity contribution >= 4 is 21.6 Å². The monoisotopic (exact) mass is 228 g/mol. The van der Waals surface area contributed by atoms with Gasteiger partial charge < -0.3 is 0 Å². The van der Waals surface area contributed by atoms with Crippen molar-refractivity contribution in [1.29, 1.82) is 5.26 Å². The van der Waals surface area contributed by atoms with Crippen molar-refractivity contribution in [3.05, 3.63) is 28.3 Å². The average Bonchev–Trinajstić information content (AvgIpc) is 2.67. The second kappa shape index (κ2) is 3.57. The smallest absolute Gasteiger partial charge is 0.124 e. The van der Waals surface area contributed by atoms with Crippen molar-refractivity contribution in [3.63, 3.8) is 0 Å². The lowest BCUT2D eigenvalue weighted by Crippen LogP contribution is -2.12. The molecule has 1 unspecified atom stereocenters. The molecule has 0 aliphatic heterocycles. The highest BCUT2D eigenvalue weighted by Crippen LogP contribution is 2.30. The summed E-state index contributed by atoms with van der Waals surface area (Å²) < 4.78 is 0. The third-order valence-electron chi connectivity index (χ3n) is 3.24. The minimum atomic E-state index is 0.743. The van der Waals surface area contributed by atoms with Gasteiger partial charge in [-0.1, -0.05) is 6.92 Å². The van der Waals surface area contributed by atoms with Gasteiger partial charge in [0.25, 0.3) is 0 Å². The first kappa shape index (κ1) is 9.80. The number of nitriles is 1. The maximum Gasteiger partial charge on any atom is 0.124 e. The van der Waals surface area contributed by atoms with Gasteiger partial charge in [-0.05, 0) is 42.9 Å². The lowest BCUT2D eigenvalue weighted by atomic mass is 9.88. The van der Waals surface area contributed by atoms with E-state index in [1.807, 2.05) is 6.07 Å². The Hall–Kier alpha value is -1.40. The fourth-order valence-corrected chi connectivity index (χ4v) is 3.17. The molecule has 2 heterocycles. The molecule has 2 aromatic heterocycles. The van der Waals surface area contributed by atoms with Crippen molar-refractivity contribution in [2.45, 2.75) is 26.2 Å². The zero-order valence-corrected chi connectivity index (χ0v) is 9.97. The zero-order chi connectivity index (χ0) is 11.1. The van der Waals surface area contributed by atoms with Gasteiger partial charge in [0.1, 0.15) is 15.8 Å². The third-order valence-corrected chi connectivity index (χ3v) is 4.18. The van der Waals surface area contributed by atoms with Crippen molar-refractivity contribution in [2.75, 3.05) is 0 Å². The number of aromatic nitrogens is 1. The minimum absolute atomic E-state index is 0.743. The van der Waals surface area contributed by atoms with E-state index in [-0.39, 0.29) is 0 Å². The number of hydrogen-bond acceptors (Lipinski definition) is 3. The topological polar surface area (TPSA) is 36.7 Å². The second-order valence-corrected chi connectivity index (χ2v) is 5.59. The van der Waals surface area contributed by atoms with Crippen LogP contribution in [0.2, 0.25) is 0 Å². The number of rotatable bonds is 0. The Morgan fingerprint density at radius 2 is 2.38 bits per heavy atom. The number of fused-ring (bicyclic) bond motifs is 2. The van der Waals surface area contributed by atoms with E-state index in [4.69, 9.17) is 10.2 Å². The van der Waals surface area contributed by atoms with Crippen LogP contribution in [0, 0.1) is 17.2 Å². The van der Waals surface area contributed by atoms with Crippen molar-refractivity contribution in [2.24, 2.45) is 5.92 Å². The molecule has 0 fully saturated rings. The van der Waals surface area contributed by atoms with Gasteiger partial charge in [-0.2, -0.15) is 5.26 Å². The molecule has 0 radical (unpaired) electrons. The molecule has 3 heteroatoms. The normalized spacial score (nSPS) is 19.4. The van der Waals surface area contributed by atoms with Gasteiger partial charge in [0.2, 0.25) is 0 Å². The van der Waals surface area contributed by atoms with Gasteiger partial charge in [-0.15, -0.1) is 11.3 Å². The fraction of sp³-hybridized carbons (Fsp3) is 0.385. The van der Waals surface area contributed by atoms with Crippen LogP contribution in [0.1, 0.15) is 29.5 Å². The highest BCUT2D eigenvalue weighted by atomic mass is 32.1. The first-order chi connectivity index (χ1) is 7.76. The Kier molecular flexibility index (Phi) is 2.19. The molecular weight excluding hydrogens is 216 g/mol. The van der Waals surface area contributed by atoms with Gasteiger partial charge >= 0.3 is 0 Å². The number of nitrogens with zero attached hydrogens (tertiary/aromatic N) is 2. The molecule has 0 aromatic carbocycles. The van der Waals surface area contributed by atoms with Crippen LogP contribution in [0.5, 0.6) is 0 Å². The summed E-state index contributed by atoms with van der Waals surface area (Å²) >= 11 is 1.50. The van der Waals surface area contributed by atoms with Crippen LogP contribution in [-0.4, -0.2) is 4.98 Å². The maximum atomic E-state index is 8.88. The zero-order valence-electron chi connectivity index (χ0n) is 9.16. The van der Waals surface area contributed by atoms with Crippen LogP contribution in [-0.2, 0) is 12.8 Å². The summed E-state index contributed by atoms with van der Waals surface area (Å²) in [5.74, 6) is 0.743. The number of pyridine rings is 1. The van der Waals surface area contributed by atoms with Crippen molar-refractivity contribution < 1.29 is 0 Å². The Morgan fingerprint density at radius 1 is 1.50 bits per heavy atom. The lowest BCUT2D eigenvalue weighted by Gasteiger charge is -2.20. The molecule has 1 atom stereocenters. The Balaban J connectivity index is 2.18. The Morgan fingerprint density at radius 3 is 3.19 bits per heavy atom. The molecule has 1 aliphatic carbocycles. The van der Waals surface area contributed by atoms with Crippen LogP contribution < -0.4 is 0 Å². The predicted octanol–water partition coefficient (Wildman–Crippen LogP) is 3.29. The molecule has 2 aromatic rings. The first-order valence-corrected chi connectivity index (χ1v) is 6.40. The summed E-state index contributed by atoms with van der Waals surface area (Å²) in [5.41, 5.74) is 2.63. The second-order valence-electron chi connectivity index (χ2n) is 4.56. The van der Waals surface area contributed by atoms with Crippen LogP contribution >= 0.6 is 11.3 Å². The highest BCUT2D eigenvalue weighted by Gasteiger charge is 2.17. The maximum absolute atomic E-state index is 8.88. The first-order valence-electron chi connectivity index (χ1n) is 5.58. The molecule has 0 N–H and O–H groups in total. The third kappa shape index (κ3) is 1.50. The van der Waals surface area contributed by atoms with Crippen molar-refractivity contribution in [1.82, 2.24) is 4.98 Å². The summed E-state index contributed by atoms with van der Waals surface area (Å²) in [4.78, 5) is 6.48. The molecule has 0 saturated carbocycles. The van der Waals surface area contributed by atoms with Crippen LogP contribution in [0.3, 0.4) is 0 Å². The quantitative estimate of drug-likeness (QED) is 0.693. The van der Waals surface area contributed by atoms with E-state index in [1.54, 1.807) is 0 Å². The van der Waals surface area contributed by atoms with E-state index < -0.39 is 0 Å². The van der Waals surface area contributed by atoms with Gasteiger partial charge in [0.05, 0.1) is 0 Å². The number of hydrogen-bond donors (Lipinski definition) is 0. The Labute approximate surface area is 98.5 Å². The molecule has 0 bridgehead atoms. The molecular formula is C13H12N2S.